The molecule has 2 heterocycles. The first-order chi connectivity index (χ1) is 18.5. The highest BCUT2D eigenvalue weighted by atomic mass is 32.2. The van der Waals surface area contributed by atoms with Crippen molar-refractivity contribution >= 4 is 23.6 Å². The van der Waals surface area contributed by atoms with Crippen molar-refractivity contribution < 1.29 is 9.90 Å². The van der Waals surface area contributed by atoms with Crippen LogP contribution in [-0.2, 0) is 4.79 Å². The zero-order chi connectivity index (χ0) is 26.4. The maximum Gasteiger partial charge on any atom is 0.232 e. The molecule has 1 saturated heterocycles. The Morgan fingerprint density at radius 3 is 2.21 bits per heavy atom. The van der Waals surface area contributed by atoms with Gasteiger partial charge >= 0.3 is 0 Å². The van der Waals surface area contributed by atoms with Crippen molar-refractivity contribution in [1.82, 2.24) is 9.80 Å². The number of thioether (sulfide) groups is 1. The Bertz CT molecular complexity index is 909. The van der Waals surface area contributed by atoms with Gasteiger partial charge in [-0.25, -0.2) is 4.99 Å². The number of carbonyl (C=O) groups excluding carboxylic acids is 1. The summed E-state index contributed by atoms with van der Waals surface area (Å²) in [6.45, 7) is 2.36. The number of amides is 1. The van der Waals surface area contributed by atoms with E-state index in [4.69, 9.17) is 10.7 Å². The summed E-state index contributed by atoms with van der Waals surface area (Å²) in [5.74, 6) is 3.01. The van der Waals surface area contributed by atoms with Crippen LogP contribution in [0, 0.1) is 17.8 Å². The third kappa shape index (κ3) is 6.88. The van der Waals surface area contributed by atoms with E-state index in [1.807, 2.05) is 28.0 Å². The predicted octanol–water partition coefficient (Wildman–Crippen LogP) is 5.65. The van der Waals surface area contributed by atoms with Crippen LogP contribution < -0.4 is 5.73 Å². The highest BCUT2D eigenvalue weighted by Crippen LogP contribution is 2.44. The molecule has 2 aliphatic heterocycles. The fourth-order valence-corrected chi connectivity index (χ4v) is 8.36. The van der Waals surface area contributed by atoms with Gasteiger partial charge in [0, 0.05) is 24.5 Å². The van der Waals surface area contributed by atoms with Crippen LogP contribution >= 0.6 is 11.8 Å². The van der Waals surface area contributed by atoms with Crippen LogP contribution in [0.5, 0.6) is 0 Å². The Morgan fingerprint density at radius 2 is 1.58 bits per heavy atom. The number of likely N-dealkylation sites (tertiary alicyclic amines) is 1. The smallest absolute Gasteiger partial charge is 0.232 e. The zero-order valence-electron chi connectivity index (χ0n) is 23.1. The summed E-state index contributed by atoms with van der Waals surface area (Å²) in [7, 11) is 0. The van der Waals surface area contributed by atoms with Crippen LogP contribution in [0.1, 0.15) is 89.9 Å². The normalized spacial score (nSPS) is 26.6. The number of hydrogen-bond acceptors (Lipinski definition) is 6. The van der Waals surface area contributed by atoms with Gasteiger partial charge in [-0.15, -0.1) is 11.8 Å². The van der Waals surface area contributed by atoms with Gasteiger partial charge in [-0.2, -0.15) is 0 Å². The molecule has 3 N–H and O–H groups in total. The van der Waals surface area contributed by atoms with Gasteiger partial charge in [0.2, 0.25) is 5.91 Å². The van der Waals surface area contributed by atoms with E-state index in [1.165, 1.54) is 64.2 Å². The van der Waals surface area contributed by atoms with Gasteiger partial charge in [0.05, 0.1) is 5.75 Å². The van der Waals surface area contributed by atoms with Crippen LogP contribution in [0.2, 0.25) is 0 Å². The third-order valence-electron chi connectivity index (χ3n) is 9.66. The minimum Gasteiger partial charge on any atom is -0.371 e. The molecule has 2 unspecified atom stereocenters. The predicted molar refractivity (Wildman–Crippen MR) is 156 cm³/mol. The Balaban J connectivity index is 1.15. The van der Waals surface area contributed by atoms with Gasteiger partial charge in [-0.3, -0.25) is 4.79 Å². The summed E-state index contributed by atoms with van der Waals surface area (Å²) in [5.41, 5.74) is 6.11. The van der Waals surface area contributed by atoms with Crippen LogP contribution in [0.3, 0.4) is 0 Å². The van der Waals surface area contributed by atoms with E-state index in [9.17, 15) is 9.90 Å². The second-order valence-electron chi connectivity index (χ2n) is 12.4. The second-order valence-corrected chi connectivity index (χ2v) is 13.5. The molecule has 3 fully saturated rings. The molecule has 38 heavy (non-hydrogen) atoms. The Morgan fingerprint density at radius 1 is 0.947 bits per heavy atom. The number of nitrogens with zero attached hydrogens (tertiary/aromatic N) is 3. The molecule has 6 nitrogen and oxygen atoms in total. The molecular formula is C31H48N4O2S. The van der Waals surface area contributed by atoms with Crippen molar-refractivity contribution in [2.45, 2.75) is 107 Å². The van der Waals surface area contributed by atoms with Crippen LogP contribution in [-0.4, -0.2) is 63.9 Å². The van der Waals surface area contributed by atoms with Crippen molar-refractivity contribution in [3.63, 3.8) is 0 Å². The average Bonchev–Trinajstić information content (AvgIpc) is 3.50. The molecule has 0 aromatic heterocycles. The van der Waals surface area contributed by atoms with Crippen molar-refractivity contribution in [2.75, 3.05) is 25.4 Å². The van der Waals surface area contributed by atoms with E-state index in [0.29, 0.717) is 29.5 Å². The van der Waals surface area contributed by atoms with E-state index >= 15 is 0 Å². The molecule has 4 aliphatic rings. The van der Waals surface area contributed by atoms with Crippen molar-refractivity contribution in [3.8, 4) is 0 Å². The SMILES string of the molecule is NC1=NC(CC2CCCCC2)(CC2CCCCC2)C(O)N1CCC1CCN(C(=O)CSc2ccccc2)C1. The van der Waals surface area contributed by atoms with E-state index in [1.54, 1.807) is 11.8 Å². The maximum absolute atomic E-state index is 12.8. The molecule has 2 atom stereocenters. The number of guanidine groups is 1. The zero-order valence-corrected chi connectivity index (χ0v) is 23.9. The molecule has 0 spiro atoms. The first kappa shape index (κ1) is 27.8. The molecule has 1 amide bonds. The molecule has 2 saturated carbocycles. The van der Waals surface area contributed by atoms with E-state index in [0.717, 1.165) is 50.2 Å². The fraction of sp³-hybridized carbons (Fsp3) is 0.742. The third-order valence-corrected chi connectivity index (χ3v) is 10.7. The summed E-state index contributed by atoms with van der Waals surface area (Å²) < 4.78 is 0. The summed E-state index contributed by atoms with van der Waals surface area (Å²) in [5, 5.41) is 11.8. The van der Waals surface area contributed by atoms with Gasteiger partial charge in [0.1, 0.15) is 5.54 Å². The lowest BCUT2D eigenvalue weighted by Gasteiger charge is -2.40. The number of aliphatic imine (C=N–C) groups is 1. The highest BCUT2D eigenvalue weighted by Gasteiger charge is 2.49. The number of rotatable bonds is 10. The summed E-state index contributed by atoms with van der Waals surface area (Å²) >= 11 is 1.61. The minimum atomic E-state index is -0.618. The molecule has 1 aromatic rings. The Kier molecular flexibility index (Phi) is 9.58. The number of aliphatic hydroxyl groups excluding tert-OH is 1. The van der Waals surface area contributed by atoms with Gasteiger partial charge in [-0.05, 0) is 55.6 Å². The van der Waals surface area contributed by atoms with E-state index in [-0.39, 0.29) is 5.91 Å². The molecule has 0 bridgehead atoms. The number of carbonyl (C=O) groups is 1. The average molecular weight is 541 g/mol. The van der Waals surface area contributed by atoms with Crippen LogP contribution in [0.4, 0.5) is 0 Å². The Hall–Kier alpha value is -1.73. The van der Waals surface area contributed by atoms with Gasteiger partial charge in [0.15, 0.2) is 12.2 Å². The number of nitrogens with two attached hydrogens (primary N) is 1. The van der Waals surface area contributed by atoms with Crippen LogP contribution in [0.15, 0.2) is 40.2 Å². The summed E-state index contributed by atoms with van der Waals surface area (Å²) in [6.07, 6.45) is 16.3. The first-order valence-corrected chi connectivity index (χ1v) is 16.3. The first-order valence-electron chi connectivity index (χ1n) is 15.3. The summed E-state index contributed by atoms with van der Waals surface area (Å²) in [4.78, 5) is 23.1. The number of benzene rings is 1. The standard InChI is InChI=1S/C31H48N4O2S/c32-30-33-31(20-24-10-4-1-5-11-24,21-25-12-6-2-7-13-25)29(37)35(30)19-17-26-16-18-34(22-26)28(36)23-38-27-14-8-3-9-15-27/h3,8-9,14-15,24-26,29,37H,1-2,4-7,10-13,16-23H2,(H2,32,33). The maximum atomic E-state index is 12.8. The molecule has 210 valence electrons. The molecule has 2 aliphatic carbocycles. The molecule has 7 heteroatoms. The largest absolute Gasteiger partial charge is 0.371 e. The van der Waals surface area contributed by atoms with E-state index < -0.39 is 11.8 Å². The van der Waals surface area contributed by atoms with Crippen LogP contribution in [0.25, 0.3) is 0 Å². The Labute approximate surface area is 233 Å². The lowest BCUT2D eigenvalue weighted by molar-refractivity contribution is -0.127. The molecule has 5 rings (SSSR count). The molecule has 1 aromatic carbocycles. The number of hydrogen-bond donors (Lipinski definition) is 2. The van der Waals surface area contributed by atoms with Gasteiger partial charge < -0.3 is 20.6 Å². The molecule has 0 radical (unpaired) electrons. The monoisotopic (exact) mass is 540 g/mol. The quantitative estimate of drug-likeness (QED) is 0.375. The summed E-state index contributed by atoms with van der Waals surface area (Å²) in [6, 6.07) is 10.1. The lowest BCUT2D eigenvalue weighted by atomic mass is 9.72. The van der Waals surface area contributed by atoms with Gasteiger partial charge in [-0.1, -0.05) is 82.4 Å². The number of aliphatic hydroxyl groups is 1. The fourth-order valence-electron chi connectivity index (χ4n) is 7.54. The van der Waals surface area contributed by atoms with Crippen molar-refractivity contribution in [3.05, 3.63) is 30.3 Å². The van der Waals surface area contributed by atoms with Crippen molar-refractivity contribution in [2.24, 2.45) is 28.5 Å². The lowest BCUT2D eigenvalue weighted by Crippen LogP contribution is -2.50. The van der Waals surface area contributed by atoms with E-state index in [2.05, 4.69) is 12.1 Å². The van der Waals surface area contributed by atoms with Gasteiger partial charge in [0.25, 0.3) is 0 Å². The minimum absolute atomic E-state index is 0.225. The molecular weight excluding hydrogens is 492 g/mol. The van der Waals surface area contributed by atoms with Crippen molar-refractivity contribution in [1.29, 1.82) is 0 Å². The highest BCUT2D eigenvalue weighted by molar-refractivity contribution is 8.00. The second kappa shape index (κ2) is 13.1. The topological polar surface area (TPSA) is 82.2 Å².